The number of benzene rings is 11. The summed E-state index contributed by atoms with van der Waals surface area (Å²) in [6, 6.07) is 75.6. The molecule has 0 aliphatic heterocycles. The molecule has 6 heterocycles. The topological polar surface area (TPSA) is 13.2 Å². The molecule has 0 saturated heterocycles. The minimum absolute atomic E-state index is 1.24. The average molecular weight is 820 g/mol. The van der Waals surface area contributed by atoms with E-state index in [1.807, 2.05) is 0 Å². The molecule has 0 saturated carbocycles. The summed E-state index contributed by atoms with van der Waals surface area (Å²) >= 11 is 0. The van der Waals surface area contributed by atoms with Crippen LogP contribution < -0.4 is 0 Å². The largest absolute Gasteiger partial charge is 0.308 e. The minimum atomic E-state index is 1.24. The number of hydrogen-bond donors (Lipinski definition) is 0. The molecule has 17 rings (SSSR count). The fraction of sp³-hybridized carbons (Fsp3) is 0. The van der Waals surface area contributed by atoms with E-state index >= 15 is 0 Å². The van der Waals surface area contributed by atoms with Crippen molar-refractivity contribution in [2.75, 3.05) is 0 Å². The van der Waals surface area contributed by atoms with Crippen LogP contribution >= 0.6 is 0 Å². The monoisotopic (exact) mass is 819 g/mol. The van der Waals surface area contributed by atoms with E-state index in [1.165, 1.54) is 158 Å². The molecule has 0 bridgehead atoms. The standard InChI is InChI=1S/C62H33N3/c1-3-14-38-34(12-1)32-54-58(56(38)36-26-28-52-48(30-36)44-20-9-18-42-40-16-5-7-24-50(40)63(52)60(42)44)46-22-11-23-47-59-55(65(54)62(46)47)33-35-13-2-4-15-39(35)57(59)37-27-29-53-49(31-37)45-21-10-19-43-41-17-6-8-25-51(41)64(53)61(43)45/h1-33H. The van der Waals surface area contributed by atoms with Gasteiger partial charge in [-0.15, -0.1) is 0 Å². The molecule has 17 aromatic rings. The summed E-state index contributed by atoms with van der Waals surface area (Å²) in [6.45, 7) is 0. The third-order valence-corrected chi connectivity index (χ3v) is 15.4. The van der Waals surface area contributed by atoms with Gasteiger partial charge in [0.15, 0.2) is 0 Å². The molecule has 0 N–H and O–H groups in total. The van der Waals surface area contributed by atoms with Crippen LogP contribution in [0.4, 0.5) is 0 Å². The summed E-state index contributed by atoms with van der Waals surface area (Å²) in [5.41, 5.74) is 16.5. The average Bonchev–Trinajstić information content (AvgIpc) is 4.20. The van der Waals surface area contributed by atoms with Gasteiger partial charge in [0.2, 0.25) is 0 Å². The van der Waals surface area contributed by atoms with Gasteiger partial charge in [0, 0.05) is 64.6 Å². The van der Waals surface area contributed by atoms with Crippen molar-refractivity contribution >= 4 is 136 Å². The lowest BCUT2D eigenvalue weighted by atomic mass is 9.90. The number of aromatic nitrogens is 3. The van der Waals surface area contributed by atoms with Crippen molar-refractivity contribution in [2.24, 2.45) is 0 Å². The second-order valence-electron chi connectivity index (χ2n) is 18.3. The quantitative estimate of drug-likeness (QED) is 0.165. The normalized spacial score (nSPS) is 12.9. The molecule has 0 aliphatic rings. The van der Waals surface area contributed by atoms with Crippen LogP contribution in [0.15, 0.2) is 200 Å². The minimum Gasteiger partial charge on any atom is -0.308 e. The molecule has 0 fully saturated rings. The van der Waals surface area contributed by atoms with E-state index in [0.29, 0.717) is 0 Å². The molecule has 0 atom stereocenters. The lowest BCUT2D eigenvalue weighted by Crippen LogP contribution is -1.89. The van der Waals surface area contributed by atoms with Crippen LogP contribution in [-0.4, -0.2) is 13.2 Å². The summed E-state index contributed by atoms with van der Waals surface area (Å²) in [5.74, 6) is 0. The van der Waals surface area contributed by atoms with E-state index in [2.05, 4.69) is 213 Å². The third-order valence-electron chi connectivity index (χ3n) is 15.4. The Morgan fingerprint density at radius 2 is 0.554 bits per heavy atom. The van der Waals surface area contributed by atoms with E-state index in [4.69, 9.17) is 0 Å². The highest BCUT2D eigenvalue weighted by atomic mass is 14.9. The maximum Gasteiger partial charge on any atom is 0.0620 e. The zero-order valence-electron chi connectivity index (χ0n) is 34.9. The highest BCUT2D eigenvalue weighted by Crippen LogP contribution is 2.51. The highest BCUT2D eigenvalue weighted by molar-refractivity contribution is 6.34. The van der Waals surface area contributed by atoms with Crippen molar-refractivity contribution in [3.05, 3.63) is 200 Å². The van der Waals surface area contributed by atoms with Gasteiger partial charge >= 0.3 is 0 Å². The first kappa shape index (κ1) is 33.0. The van der Waals surface area contributed by atoms with Gasteiger partial charge in [-0.2, -0.15) is 0 Å². The van der Waals surface area contributed by atoms with Crippen molar-refractivity contribution in [3.8, 4) is 22.3 Å². The van der Waals surface area contributed by atoms with E-state index in [1.54, 1.807) is 0 Å². The Balaban J connectivity index is 0.989. The fourth-order valence-corrected chi connectivity index (χ4v) is 12.9. The summed E-state index contributed by atoms with van der Waals surface area (Å²) in [6.07, 6.45) is 0. The van der Waals surface area contributed by atoms with Gasteiger partial charge in [-0.3, -0.25) is 0 Å². The summed E-state index contributed by atoms with van der Waals surface area (Å²) in [4.78, 5) is 0. The van der Waals surface area contributed by atoms with Crippen LogP contribution in [0.3, 0.4) is 0 Å². The molecule has 0 unspecified atom stereocenters. The zero-order valence-corrected chi connectivity index (χ0v) is 34.9. The van der Waals surface area contributed by atoms with Gasteiger partial charge < -0.3 is 13.2 Å². The number of nitrogens with zero attached hydrogens (tertiary/aromatic N) is 3. The fourth-order valence-electron chi connectivity index (χ4n) is 12.9. The van der Waals surface area contributed by atoms with Crippen molar-refractivity contribution in [1.29, 1.82) is 0 Å². The molecule has 296 valence electrons. The van der Waals surface area contributed by atoms with E-state index in [9.17, 15) is 0 Å². The molecular weight excluding hydrogens is 787 g/mol. The maximum atomic E-state index is 2.60. The van der Waals surface area contributed by atoms with Crippen molar-refractivity contribution < 1.29 is 0 Å². The van der Waals surface area contributed by atoms with Gasteiger partial charge in [-0.05, 0) is 92.3 Å². The maximum absolute atomic E-state index is 2.60. The Kier molecular flexibility index (Phi) is 5.72. The SMILES string of the molecule is c1ccc2c(-c3ccc4c(c3)c3cccc5c6ccccc6n4c53)c3c4cccc5c6c(-c7ccc8c(c7)c7cccc9c%10ccccc%10n8c97)c7ccccc7cc6n(c3cc2c1)c45. The van der Waals surface area contributed by atoms with Gasteiger partial charge in [0.25, 0.3) is 0 Å². The highest BCUT2D eigenvalue weighted by Gasteiger charge is 2.26. The predicted octanol–water partition coefficient (Wildman–Crippen LogP) is 16.8. The molecule has 0 amide bonds. The molecule has 0 aliphatic carbocycles. The summed E-state index contributed by atoms with van der Waals surface area (Å²) in [7, 11) is 0. The summed E-state index contributed by atoms with van der Waals surface area (Å²) in [5, 5.41) is 20.7. The Hall–Kier alpha value is -8.66. The number of hydrogen-bond acceptors (Lipinski definition) is 0. The molecule has 3 heteroatoms. The predicted molar refractivity (Wildman–Crippen MR) is 276 cm³/mol. The number of fused-ring (bicyclic) bond motifs is 20. The molecule has 0 spiro atoms. The second kappa shape index (κ2) is 11.3. The Labute approximate surface area is 369 Å². The Morgan fingerprint density at radius 1 is 0.215 bits per heavy atom. The first-order valence-corrected chi connectivity index (χ1v) is 22.7. The molecule has 65 heavy (non-hydrogen) atoms. The van der Waals surface area contributed by atoms with Crippen molar-refractivity contribution in [3.63, 3.8) is 0 Å². The molecule has 11 aromatic carbocycles. The summed E-state index contributed by atoms with van der Waals surface area (Å²) < 4.78 is 7.56. The lowest BCUT2D eigenvalue weighted by Gasteiger charge is -2.13. The van der Waals surface area contributed by atoms with Crippen LogP contribution in [-0.2, 0) is 0 Å². The smallest absolute Gasteiger partial charge is 0.0620 e. The molecule has 0 radical (unpaired) electrons. The van der Waals surface area contributed by atoms with Gasteiger partial charge in [-0.25, -0.2) is 0 Å². The molecule has 3 nitrogen and oxygen atoms in total. The third kappa shape index (κ3) is 3.81. The van der Waals surface area contributed by atoms with Gasteiger partial charge in [0.05, 0.1) is 49.7 Å². The number of para-hydroxylation sites is 5. The van der Waals surface area contributed by atoms with Gasteiger partial charge in [0.1, 0.15) is 0 Å². The second-order valence-corrected chi connectivity index (χ2v) is 18.3. The Morgan fingerprint density at radius 3 is 1.03 bits per heavy atom. The van der Waals surface area contributed by atoms with Crippen LogP contribution in [0.2, 0.25) is 0 Å². The van der Waals surface area contributed by atoms with Crippen LogP contribution in [0, 0.1) is 0 Å². The van der Waals surface area contributed by atoms with Crippen LogP contribution in [0.1, 0.15) is 0 Å². The molecule has 6 aromatic heterocycles. The zero-order chi connectivity index (χ0) is 41.8. The van der Waals surface area contributed by atoms with E-state index in [-0.39, 0.29) is 0 Å². The lowest BCUT2D eigenvalue weighted by molar-refractivity contribution is 1.37. The molecular formula is C62H33N3. The van der Waals surface area contributed by atoms with Crippen molar-refractivity contribution in [2.45, 2.75) is 0 Å². The van der Waals surface area contributed by atoms with Crippen LogP contribution in [0.25, 0.3) is 158 Å². The first-order chi connectivity index (χ1) is 32.3. The van der Waals surface area contributed by atoms with Gasteiger partial charge in [-0.1, -0.05) is 152 Å². The van der Waals surface area contributed by atoms with Crippen LogP contribution in [0.5, 0.6) is 0 Å². The van der Waals surface area contributed by atoms with E-state index in [0.717, 1.165) is 0 Å². The number of rotatable bonds is 2. The first-order valence-electron chi connectivity index (χ1n) is 22.7. The van der Waals surface area contributed by atoms with Crippen molar-refractivity contribution in [1.82, 2.24) is 13.2 Å². The Bertz CT molecular complexity index is 4630. The van der Waals surface area contributed by atoms with E-state index < -0.39 is 0 Å².